The zero-order chi connectivity index (χ0) is 16.3. The van der Waals surface area contributed by atoms with Crippen molar-refractivity contribution in [3.05, 3.63) is 30.1 Å². The molecule has 23 heavy (non-hydrogen) atoms. The molecule has 1 atom stereocenters. The SMILES string of the molecule is CN=C(NCCc1ccccn1)N1CCC(COCCOC)C1. The molecular formula is C17H28N4O2. The Morgan fingerprint density at radius 1 is 1.43 bits per heavy atom. The molecule has 1 N–H and O–H groups in total. The summed E-state index contributed by atoms with van der Waals surface area (Å²) in [6, 6.07) is 6.01. The van der Waals surface area contributed by atoms with E-state index in [4.69, 9.17) is 9.47 Å². The standard InChI is InChI=1S/C17H28N4O2/c1-18-17(20-9-6-16-5-3-4-8-19-16)21-10-7-15(13-21)14-23-12-11-22-2/h3-5,8,15H,6-7,9-14H2,1-2H3,(H,18,20). The summed E-state index contributed by atoms with van der Waals surface area (Å²) in [4.78, 5) is 11.0. The fourth-order valence-electron chi connectivity index (χ4n) is 2.73. The van der Waals surface area contributed by atoms with Crippen LogP contribution < -0.4 is 5.32 Å². The van der Waals surface area contributed by atoms with Crippen LogP contribution >= 0.6 is 0 Å². The molecule has 1 aliphatic rings. The number of methoxy groups -OCH3 is 1. The number of likely N-dealkylation sites (tertiary alicyclic amines) is 1. The fourth-order valence-corrected chi connectivity index (χ4v) is 2.73. The molecule has 6 nitrogen and oxygen atoms in total. The predicted octanol–water partition coefficient (Wildman–Crippen LogP) is 1.18. The zero-order valence-corrected chi connectivity index (χ0v) is 14.2. The molecule has 0 saturated carbocycles. The molecule has 0 spiro atoms. The summed E-state index contributed by atoms with van der Waals surface area (Å²) in [6.07, 6.45) is 3.88. The third-order valence-electron chi connectivity index (χ3n) is 3.97. The molecule has 1 saturated heterocycles. The van der Waals surface area contributed by atoms with Gasteiger partial charge in [0.15, 0.2) is 5.96 Å². The molecule has 1 aromatic heterocycles. The fraction of sp³-hybridized carbons (Fsp3) is 0.647. The van der Waals surface area contributed by atoms with Crippen molar-refractivity contribution < 1.29 is 9.47 Å². The van der Waals surface area contributed by atoms with E-state index < -0.39 is 0 Å². The van der Waals surface area contributed by atoms with Gasteiger partial charge in [-0.2, -0.15) is 0 Å². The first-order valence-corrected chi connectivity index (χ1v) is 8.25. The molecule has 0 aliphatic carbocycles. The van der Waals surface area contributed by atoms with E-state index >= 15 is 0 Å². The number of nitrogens with one attached hydrogen (secondary N) is 1. The lowest BCUT2D eigenvalue weighted by Gasteiger charge is -2.21. The monoisotopic (exact) mass is 320 g/mol. The van der Waals surface area contributed by atoms with Gasteiger partial charge in [-0.25, -0.2) is 0 Å². The summed E-state index contributed by atoms with van der Waals surface area (Å²) in [5.41, 5.74) is 1.10. The maximum atomic E-state index is 5.64. The van der Waals surface area contributed by atoms with Gasteiger partial charge < -0.3 is 19.7 Å². The minimum atomic E-state index is 0.571. The summed E-state index contributed by atoms with van der Waals surface area (Å²) in [5.74, 6) is 1.54. The molecule has 6 heteroatoms. The number of hydrogen-bond donors (Lipinski definition) is 1. The summed E-state index contributed by atoms with van der Waals surface area (Å²) in [7, 11) is 3.53. The lowest BCUT2D eigenvalue weighted by Crippen LogP contribution is -2.41. The summed E-state index contributed by atoms with van der Waals surface area (Å²) >= 11 is 0. The van der Waals surface area contributed by atoms with Crippen molar-refractivity contribution in [2.75, 3.05) is 53.6 Å². The van der Waals surface area contributed by atoms with Crippen LogP contribution in [0.1, 0.15) is 12.1 Å². The highest BCUT2D eigenvalue weighted by molar-refractivity contribution is 5.80. The van der Waals surface area contributed by atoms with Gasteiger partial charge in [-0.3, -0.25) is 9.98 Å². The average molecular weight is 320 g/mol. The minimum absolute atomic E-state index is 0.571. The Bertz CT molecular complexity index is 467. The topological polar surface area (TPSA) is 59.0 Å². The van der Waals surface area contributed by atoms with Crippen molar-refractivity contribution in [2.24, 2.45) is 10.9 Å². The molecule has 2 heterocycles. The average Bonchev–Trinajstić information content (AvgIpc) is 3.05. The highest BCUT2D eigenvalue weighted by atomic mass is 16.5. The summed E-state index contributed by atoms with van der Waals surface area (Å²) < 4.78 is 10.6. The van der Waals surface area contributed by atoms with Crippen LogP contribution in [0.15, 0.2) is 29.4 Å². The predicted molar refractivity (Wildman–Crippen MR) is 91.7 cm³/mol. The number of rotatable bonds is 8. The number of guanidine groups is 1. The van der Waals surface area contributed by atoms with Crippen molar-refractivity contribution >= 4 is 5.96 Å². The second-order valence-corrected chi connectivity index (χ2v) is 5.71. The molecule has 0 bridgehead atoms. The number of ether oxygens (including phenoxy) is 2. The zero-order valence-electron chi connectivity index (χ0n) is 14.2. The van der Waals surface area contributed by atoms with Gasteiger partial charge in [0, 0.05) is 58.0 Å². The first-order valence-electron chi connectivity index (χ1n) is 8.25. The molecule has 1 unspecified atom stereocenters. The van der Waals surface area contributed by atoms with Gasteiger partial charge in [0.05, 0.1) is 19.8 Å². The van der Waals surface area contributed by atoms with Gasteiger partial charge in [-0.15, -0.1) is 0 Å². The Morgan fingerprint density at radius 3 is 3.09 bits per heavy atom. The van der Waals surface area contributed by atoms with Crippen LogP contribution in [0.25, 0.3) is 0 Å². The van der Waals surface area contributed by atoms with Gasteiger partial charge in [0.1, 0.15) is 0 Å². The van der Waals surface area contributed by atoms with Gasteiger partial charge in [-0.05, 0) is 18.6 Å². The van der Waals surface area contributed by atoms with E-state index in [0.29, 0.717) is 19.1 Å². The van der Waals surface area contributed by atoms with Gasteiger partial charge >= 0.3 is 0 Å². The van der Waals surface area contributed by atoms with Crippen LogP contribution in [-0.2, 0) is 15.9 Å². The van der Waals surface area contributed by atoms with Crippen molar-refractivity contribution in [1.29, 1.82) is 0 Å². The summed E-state index contributed by atoms with van der Waals surface area (Å²) in [5, 5.41) is 3.43. The lowest BCUT2D eigenvalue weighted by molar-refractivity contribution is 0.0536. The van der Waals surface area contributed by atoms with E-state index in [2.05, 4.69) is 20.2 Å². The van der Waals surface area contributed by atoms with Crippen LogP contribution in [-0.4, -0.2) is 69.5 Å². The van der Waals surface area contributed by atoms with E-state index in [1.54, 1.807) is 7.11 Å². The third-order valence-corrected chi connectivity index (χ3v) is 3.97. The second-order valence-electron chi connectivity index (χ2n) is 5.71. The quantitative estimate of drug-likeness (QED) is 0.443. The van der Waals surface area contributed by atoms with Crippen molar-refractivity contribution in [3.63, 3.8) is 0 Å². The second kappa shape index (κ2) is 10.2. The van der Waals surface area contributed by atoms with E-state index in [-0.39, 0.29) is 0 Å². The van der Waals surface area contributed by atoms with Crippen molar-refractivity contribution in [2.45, 2.75) is 12.8 Å². The number of pyridine rings is 1. The van der Waals surface area contributed by atoms with Gasteiger partial charge in [0.2, 0.25) is 0 Å². The minimum Gasteiger partial charge on any atom is -0.382 e. The molecule has 1 fully saturated rings. The normalized spacial score (nSPS) is 18.4. The van der Waals surface area contributed by atoms with Crippen LogP contribution in [0.5, 0.6) is 0 Å². The number of hydrogen-bond acceptors (Lipinski definition) is 4. The molecule has 0 radical (unpaired) electrons. The van der Waals surface area contributed by atoms with E-state index in [1.807, 2.05) is 31.4 Å². The largest absolute Gasteiger partial charge is 0.382 e. The van der Waals surface area contributed by atoms with Crippen LogP contribution in [0.2, 0.25) is 0 Å². The molecule has 1 aliphatic heterocycles. The lowest BCUT2D eigenvalue weighted by atomic mass is 10.1. The van der Waals surface area contributed by atoms with E-state index in [1.165, 1.54) is 0 Å². The van der Waals surface area contributed by atoms with Crippen molar-refractivity contribution in [1.82, 2.24) is 15.2 Å². The third kappa shape index (κ3) is 6.15. The molecule has 128 valence electrons. The highest BCUT2D eigenvalue weighted by Gasteiger charge is 2.24. The van der Waals surface area contributed by atoms with E-state index in [9.17, 15) is 0 Å². The Hall–Kier alpha value is -1.66. The molecule has 2 rings (SSSR count). The Kier molecular flexibility index (Phi) is 7.83. The molecule has 1 aromatic rings. The number of aromatic nitrogens is 1. The first-order chi connectivity index (χ1) is 11.3. The maximum absolute atomic E-state index is 5.64. The number of nitrogens with zero attached hydrogens (tertiary/aromatic N) is 3. The molecule has 0 amide bonds. The maximum Gasteiger partial charge on any atom is 0.193 e. The van der Waals surface area contributed by atoms with Gasteiger partial charge in [-0.1, -0.05) is 6.07 Å². The number of aliphatic imine (C=N–C) groups is 1. The van der Waals surface area contributed by atoms with Gasteiger partial charge in [0.25, 0.3) is 0 Å². The Labute approximate surface area is 138 Å². The van der Waals surface area contributed by atoms with Crippen LogP contribution in [0, 0.1) is 5.92 Å². The summed E-state index contributed by atoms with van der Waals surface area (Å²) in [6.45, 7) is 5.00. The molecular weight excluding hydrogens is 292 g/mol. The van der Waals surface area contributed by atoms with E-state index in [0.717, 1.165) is 50.7 Å². The molecule has 0 aromatic carbocycles. The Balaban J connectivity index is 1.68. The Morgan fingerprint density at radius 2 is 2.35 bits per heavy atom. The van der Waals surface area contributed by atoms with Crippen LogP contribution in [0.4, 0.5) is 0 Å². The first kappa shape index (κ1) is 17.7. The highest BCUT2D eigenvalue weighted by Crippen LogP contribution is 2.16. The van der Waals surface area contributed by atoms with Crippen molar-refractivity contribution in [3.8, 4) is 0 Å². The van der Waals surface area contributed by atoms with Crippen LogP contribution in [0.3, 0.4) is 0 Å². The smallest absolute Gasteiger partial charge is 0.193 e.